The molecule has 0 saturated carbocycles. The summed E-state index contributed by atoms with van der Waals surface area (Å²) in [5.41, 5.74) is 0. The maximum absolute atomic E-state index is 3.47. The van der Waals surface area contributed by atoms with Crippen molar-refractivity contribution in [1.82, 2.24) is 15.1 Å². The molecular weight excluding hydrogens is 198 g/mol. The van der Waals surface area contributed by atoms with E-state index in [9.17, 15) is 0 Å². The molecule has 3 heteroatoms. The van der Waals surface area contributed by atoms with Gasteiger partial charge in [0.05, 0.1) is 0 Å². The lowest BCUT2D eigenvalue weighted by Crippen LogP contribution is -2.38. The van der Waals surface area contributed by atoms with Crippen molar-refractivity contribution in [3.63, 3.8) is 0 Å². The van der Waals surface area contributed by atoms with Gasteiger partial charge in [0.15, 0.2) is 0 Å². The topological polar surface area (TPSA) is 18.5 Å². The summed E-state index contributed by atoms with van der Waals surface area (Å²) in [5, 5.41) is 3.47. The fourth-order valence-electron chi connectivity index (χ4n) is 3.09. The fraction of sp³-hybridized carbons (Fsp3) is 1.00. The first-order chi connectivity index (χ1) is 7.75. The van der Waals surface area contributed by atoms with E-state index >= 15 is 0 Å². The van der Waals surface area contributed by atoms with Gasteiger partial charge < -0.3 is 10.2 Å². The molecule has 2 aliphatic rings. The smallest absolute Gasteiger partial charge is 0.0112 e. The van der Waals surface area contributed by atoms with Gasteiger partial charge in [-0.25, -0.2) is 0 Å². The molecule has 16 heavy (non-hydrogen) atoms. The summed E-state index contributed by atoms with van der Waals surface area (Å²) in [4.78, 5) is 5.29. The van der Waals surface area contributed by atoms with Crippen molar-refractivity contribution in [2.75, 3.05) is 45.8 Å². The Labute approximate surface area is 100 Å². The van der Waals surface area contributed by atoms with Crippen molar-refractivity contribution >= 4 is 0 Å². The minimum absolute atomic E-state index is 0.806. The highest BCUT2D eigenvalue weighted by Gasteiger charge is 2.25. The summed E-state index contributed by atoms with van der Waals surface area (Å²) in [6.07, 6.45) is 2.70. The van der Waals surface area contributed by atoms with Crippen molar-refractivity contribution in [2.45, 2.75) is 32.7 Å². The Morgan fingerprint density at radius 3 is 2.75 bits per heavy atom. The number of nitrogens with zero attached hydrogens (tertiary/aromatic N) is 2. The molecule has 0 aromatic rings. The van der Waals surface area contributed by atoms with Crippen LogP contribution in [0.15, 0.2) is 0 Å². The van der Waals surface area contributed by atoms with Crippen LogP contribution < -0.4 is 5.32 Å². The molecule has 3 nitrogen and oxygen atoms in total. The van der Waals surface area contributed by atoms with Gasteiger partial charge in [-0.05, 0) is 38.8 Å². The van der Waals surface area contributed by atoms with Crippen molar-refractivity contribution < 1.29 is 0 Å². The van der Waals surface area contributed by atoms with Crippen LogP contribution in [0, 0.1) is 5.92 Å². The second kappa shape index (κ2) is 5.99. The van der Waals surface area contributed by atoms with E-state index in [1.165, 1.54) is 58.7 Å². The third-order valence-electron chi connectivity index (χ3n) is 4.05. The number of hydrogen-bond acceptors (Lipinski definition) is 3. The van der Waals surface area contributed by atoms with E-state index in [0.29, 0.717) is 0 Å². The number of nitrogens with one attached hydrogen (secondary N) is 1. The Kier molecular flexibility index (Phi) is 4.62. The van der Waals surface area contributed by atoms with E-state index in [-0.39, 0.29) is 0 Å². The maximum atomic E-state index is 3.47. The minimum atomic E-state index is 0.806. The van der Waals surface area contributed by atoms with Gasteiger partial charge in [0.1, 0.15) is 0 Å². The Balaban J connectivity index is 1.69. The number of rotatable bonds is 3. The summed E-state index contributed by atoms with van der Waals surface area (Å²) < 4.78 is 0. The minimum Gasteiger partial charge on any atom is -0.315 e. The molecule has 2 heterocycles. The Bertz CT molecular complexity index is 199. The molecule has 2 rings (SSSR count). The van der Waals surface area contributed by atoms with Crippen LogP contribution in [0.4, 0.5) is 0 Å². The SMILES string of the molecule is CC1CC(C)N(CCN2CCCNCC2)C1. The average molecular weight is 225 g/mol. The van der Waals surface area contributed by atoms with Gasteiger partial charge in [-0.15, -0.1) is 0 Å². The molecule has 0 aromatic carbocycles. The molecule has 94 valence electrons. The quantitative estimate of drug-likeness (QED) is 0.773. The van der Waals surface area contributed by atoms with Gasteiger partial charge in [-0.3, -0.25) is 4.90 Å². The maximum Gasteiger partial charge on any atom is 0.0112 e. The Morgan fingerprint density at radius 2 is 2.00 bits per heavy atom. The van der Waals surface area contributed by atoms with Crippen LogP contribution in [0.3, 0.4) is 0 Å². The molecule has 2 fully saturated rings. The van der Waals surface area contributed by atoms with Gasteiger partial charge in [0.25, 0.3) is 0 Å². The largest absolute Gasteiger partial charge is 0.315 e. The van der Waals surface area contributed by atoms with Crippen LogP contribution in [0.2, 0.25) is 0 Å². The summed E-state index contributed by atoms with van der Waals surface area (Å²) in [6.45, 7) is 13.5. The van der Waals surface area contributed by atoms with Crippen LogP contribution in [0.5, 0.6) is 0 Å². The summed E-state index contributed by atoms with van der Waals surface area (Å²) in [7, 11) is 0. The monoisotopic (exact) mass is 225 g/mol. The molecule has 0 aliphatic carbocycles. The van der Waals surface area contributed by atoms with E-state index in [0.717, 1.165) is 12.0 Å². The number of likely N-dealkylation sites (tertiary alicyclic amines) is 1. The lowest BCUT2D eigenvalue weighted by molar-refractivity contribution is 0.204. The van der Waals surface area contributed by atoms with Gasteiger partial charge in [0, 0.05) is 38.8 Å². The second-order valence-electron chi connectivity index (χ2n) is 5.63. The van der Waals surface area contributed by atoms with Crippen LogP contribution in [0.1, 0.15) is 26.7 Å². The average Bonchev–Trinajstić information content (AvgIpc) is 2.48. The van der Waals surface area contributed by atoms with E-state index in [1.807, 2.05) is 0 Å². The standard InChI is InChI=1S/C13H27N3/c1-12-10-13(2)16(11-12)9-8-15-6-3-4-14-5-7-15/h12-14H,3-11H2,1-2H3. The molecule has 2 unspecified atom stereocenters. The van der Waals surface area contributed by atoms with Crippen molar-refractivity contribution in [3.05, 3.63) is 0 Å². The Morgan fingerprint density at radius 1 is 1.12 bits per heavy atom. The lowest BCUT2D eigenvalue weighted by atomic mass is 10.1. The first kappa shape index (κ1) is 12.3. The second-order valence-corrected chi connectivity index (χ2v) is 5.63. The van der Waals surface area contributed by atoms with Crippen molar-refractivity contribution in [1.29, 1.82) is 0 Å². The molecule has 1 N–H and O–H groups in total. The molecule has 2 saturated heterocycles. The lowest BCUT2D eigenvalue weighted by Gasteiger charge is -2.26. The summed E-state index contributed by atoms with van der Waals surface area (Å²) in [5.74, 6) is 0.904. The summed E-state index contributed by atoms with van der Waals surface area (Å²) in [6, 6.07) is 0.806. The van der Waals surface area contributed by atoms with Crippen LogP contribution >= 0.6 is 0 Å². The van der Waals surface area contributed by atoms with Crippen molar-refractivity contribution in [3.8, 4) is 0 Å². The first-order valence-electron chi connectivity index (χ1n) is 6.93. The van der Waals surface area contributed by atoms with Crippen LogP contribution in [0.25, 0.3) is 0 Å². The highest BCUT2D eigenvalue weighted by atomic mass is 15.2. The van der Waals surface area contributed by atoms with Gasteiger partial charge in [-0.1, -0.05) is 6.92 Å². The molecule has 0 spiro atoms. The zero-order valence-corrected chi connectivity index (χ0v) is 10.9. The highest BCUT2D eigenvalue weighted by Crippen LogP contribution is 2.21. The van der Waals surface area contributed by atoms with E-state index in [2.05, 4.69) is 29.0 Å². The molecule has 0 aromatic heterocycles. The highest BCUT2D eigenvalue weighted by molar-refractivity contribution is 4.81. The van der Waals surface area contributed by atoms with E-state index < -0.39 is 0 Å². The van der Waals surface area contributed by atoms with Crippen LogP contribution in [-0.2, 0) is 0 Å². The van der Waals surface area contributed by atoms with Gasteiger partial charge >= 0.3 is 0 Å². The van der Waals surface area contributed by atoms with E-state index in [1.54, 1.807) is 0 Å². The predicted molar refractivity (Wildman–Crippen MR) is 68.7 cm³/mol. The van der Waals surface area contributed by atoms with Crippen LogP contribution in [-0.4, -0.2) is 61.7 Å². The molecule has 0 amide bonds. The first-order valence-corrected chi connectivity index (χ1v) is 6.93. The normalized spacial score (nSPS) is 34.1. The zero-order valence-electron chi connectivity index (χ0n) is 10.9. The molecular formula is C13H27N3. The predicted octanol–water partition coefficient (Wildman–Crippen LogP) is 1.01. The van der Waals surface area contributed by atoms with Crippen molar-refractivity contribution in [2.24, 2.45) is 5.92 Å². The Hall–Kier alpha value is -0.120. The molecule has 0 radical (unpaired) electrons. The third-order valence-corrected chi connectivity index (χ3v) is 4.05. The summed E-state index contributed by atoms with van der Waals surface area (Å²) >= 11 is 0. The number of hydrogen-bond donors (Lipinski definition) is 1. The molecule has 2 aliphatic heterocycles. The zero-order chi connectivity index (χ0) is 11.4. The fourth-order valence-corrected chi connectivity index (χ4v) is 3.09. The molecule has 0 bridgehead atoms. The van der Waals surface area contributed by atoms with E-state index in [4.69, 9.17) is 0 Å². The van der Waals surface area contributed by atoms with Gasteiger partial charge in [0.2, 0.25) is 0 Å². The molecule has 2 atom stereocenters. The van der Waals surface area contributed by atoms with Gasteiger partial charge in [-0.2, -0.15) is 0 Å². The third kappa shape index (κ3) is 3.44.